The number of halogens is 1. The summed E-state index contributed by atoms with van der Waals surface area (Å²) in [6.07, 6.45) is 0. The van der Waals surface area contributed by atoms with Gasteiger partial charge in [-0.25, -0.2) is 4.39 Å². The Morgan fingerprint density at radius 1 is 1.21 bits per heavy atom. The first-order chi connectivity index (χ1) is 9.06. The van der Waals surface area contributed by atoms with Gasteiger partial charge in [0.1, 0.15) is 11.9 Å². The predicted molar refractivity (Wildman–Crippen MR) is 73.1 cm³/mol. The fourth-order valence-electron chi connectivity index (χ4n) is 1.88. The average Bonchev–Trinajstić information content (AvgIpc) is 2.37. The van der Waals surface area contributed by atoms with E-state index in [0.29, 0.717) is 5.69 Å². The second kappa shape index (κ2) is 5.52. The zero-order valence-electron chi connectivity index (χ0n) is 10.6. The van der Waals surface area contributed by atoms with Gasteiger partial charge in [-0.1, -0.05) is 29.8 Å². The number of carbonyl (C=O) groups excluding carboxylic acids is 1. The van der Waals surface area contributed by atoms with E-state index in [1.165, 1.54) is 12.1 Å². The lowest BCUT2D eigenvalue weighted by molar-refractivity contribution is -0.118. The van der Waals surface area contributed by atoms with Gasteiger partial charge in [0.15, 0.2) is 0 Å². The van der Waals surface area contributed by atoms with Crippen LogP contribution >= 0.6 is 0 Å². The maximum atomic E-state index is 12.8. The van der Waals surface area contributed by atoms with Crippen LogP contribution in [0.25, 0.3) is 0 Å². The standard InChI is InChI=1S/C15H15FN2O/c1-10-3-2-4-11(9-10)14(15(17)19)18-13-7-5-12(16)6-8-13/h2-9,14,18H,1H3,(H2,17,19). The first kappa shape index (κ1) is 13.1. The van der Waals surface area contributed by atoms with Crippen LogP contribution in [0.3, 0.4) is 0 Å². The molecule has 3 nitrogen and oxygen atoms in total. The van der Waals surface area contributed by atoms with Crippen LogP contribution in [0.4, 0.5) is 10.1 Å². The van der Waals surface area contributed by atoms with Crippen LogP contribution in [0.2, 0.25) is 0 Å². The monoisotopic (exact) mass is 258 g/mol. The van der Waals surface area contributed by atoms with Crippen LogP contribution in [0, 0.1) is 12.7 Å². The van der Waals surface area contributed by atoms with E-state index in [4.69, 9.17) is 5.73 Å². The summed E-state index contributed by atoms with van der Waals surface area (Å²) in [4.78, 5) is 11.6. The molecule has 0 fully saturated rings. The van der Waals surface area contributed by atoms with Gasteiger partial charge in [0, 0.05) is 5.69 Å². The predicted octanol–water partition coefficient (Wildman–Crippen LogP) is 2.77. The molecule has 2 aromatic carbocycles. The minimum Gasteiger partial charge on any atom is -0.370 e. The molecule has 2 rings (SSSR count). The molecule has 0 aliphatic carbocycles. The van der Waals surface area contributed by atoms with Crippen LogP contribution in [0.5, 0.6) is 0 Å². The number of rotatable bonds is 4. The molecule has 0 spiro atoms. The molecule has 0 aliphatic heterocycles. The third-order valence-corrected chi connectivity index (χ3v) is 2.82. The van der Waals surface area contributed by atoms with Crippen molar-refractivity contribution in [2.24, 2.45) is 5.73 Å². The average molecular weight is 258 g/mol. The molecule has 0 bridgehead atoms. The van der Waals surface area contributed by atoms with Crippen molar-refractivity contribution in [3.05, 3.63) is 65.5 Å². The highest BCUT2D eigenvalue weighted by molar-refractivity contribution is 5.84. The van der Waals surface area contributed by atoms with E-state index in [0.717, 1.165) is 11.1 Å². The highest BCUT2D eigenvalue weighted by atomic mass is 19.1. The smallest absolute Gasteiger partial charge is 0.244 e. The third-order valence-electron chi connectivity index (χ3n) is 2.82. The number of carbonyl (C=O) groups is 1. The van der Waals surface area contributed by atoms with Gasteiger partial charge in [-0.15, -0.1) is 0 Å². The first-order valence-electron chi connectivity index (χ1n) is 5.94. The molecule has 1 unspecified atom stereocenters. The Hall–Kier alpha value is -2.36. The number of hydrogen-bond acceptors (Lipinski definition) is 2. The lowest BCUT2D eigenvalue weighted by Gasteiger charge is -2.17. The Balaban J connectivity index is 2.26. The molecular weight excluding hydrogens is 243 g/mol. The number of benzene rings is 2. The molecule has 1 atom stereocenters. The molecule has 4 heteroatoms. The van der Waals surface area contributed by atoms with Gasteiger partial charge in [-0.2, -0.15) is 0 Å². The van der Waals surface area contributed by atoms with E-state index in [2.05, 4.69) is 5.32 Å². The minimum atomic E-state index is -0.634. The van der Waals surface area contributed by atoms with Crippen LogP contribution in [-0.4, -0.2) is 5.91 Å². The quantitative estimate of drug-likeness (QED) is 0.886. The molecule has 1 amide bonds. The van der Waals surface area contributed by atoms with Gasteiger partial charge in [0.2, 0.25) is 5.91 Å². The summed E-state index contributed by atoms with van der Waals surface area (Å²) in [7, 11) is 0. The van der Waals surface area contributed by atoms with Crippen molar-refractivity contribution in [2.45, 2.75) is 13.0 Å². The summed E-state index contributed by atoms with van der Waals surface area (Å²) in [5, 5.41) is 3.01. The highest BCUT2D eigenvalue weighted by Gasteiger charge is 2.17. The van der Waals surface area contributed by atoms with Crippen molar-refractivity contribution in [3.8, 4) is 0 Å². The number of nitrogens with one attached hydrogen (secondary N) is 1. The van der Waals surface area contributed by atoms with E-state index in [1.54, 1.807) is 12.1 Å². The maximum absolute atomic E-state index is 12.8. The molecule has 98 valence electrons. The highest BCUT2D eigenvalue weighted by Crippen LogP contribution is 2.20. The van der Waals surface area contributed by atoms with E-state index >= 15 is 0 Å². The molecule has 0 aromatic heterocycles. The summed E-state index contributed by atoms with van der Waals surface area (Å²) in [5.41, 5.74) is 7.90. The van der Waals surface area contributed by atoms with Crippen LogP contribution in [0.15, 0.2) is 48.5 Å². The molecule has 0 saturated carbocycles. The lowest BCUT2D eigenvalue weighted by Crippen LogP contribution is -2.27. The Labute approximate surface area is 111 Å². The fraction of sp³-hybridized carbons (Fsp3) is 0.133. The molecule has 2 aromatic rings. The zero-order valence-corrected chi connectivity index (χ0v) is 10.6. The van der Waals surface area contributed by atoms with Gasteiger partial charge in [0.05, 0.1) is 0 Å². The fourth-order valence-corrected chi connectivity index (χ4v) is 1.88. The topological polar surface area (TPSA) is 55.1 Å². The van der Waals surface area contributed by atoms with Crippen molar-refractivity contribution in [2.75, 3.05) is 5.32 Å². The van der Waals surface area contributed by atoms with E-state index < -0.39 is 11.9 Å². The largest absolute Gasteiger partial charge is 0.370 e. The number of nitrogens with two attached hydrogens (primary N) is 1. The van der Waals surface area contributed by atoms with Gasteiger partial charge in [0.25, 0.3) is 0 Å². The van der Waals surface area contributed by atoms with Crippen molar-refractivity contribution in [1.29, 1.82) is 0 Å². The van der Waals surface area contributed by atoms with E-state index in [9.17, 15) is 9.18 Å². The molecule has 19 heavy (non-hydrogen) atoms. The summed E-state index contributed by atoms with van der Waals surface area (Å²) < 4.78 is 12.8. The summed E-state index contributed by atoms with van der Waals surface area (Å²) in [6, 6.07) is 12.7. The number of anilines is 1. The summed E-state index contributed by atoms with van der Waals surface area (Å²) in [5.74, 6) is -0.799. The van der Waals surface area contributed by atoms with Crippen LogP contribution < -0.4 is 11.1 Å². The van der Waals surface area contributed by atoms with Crippen molar-refractivity contribution >= 4 is 11.6 Å². The SMILES string of the molecule is Cc1cccc(C(Nc2ccc(F)cc2)C(N)=O)c1. The Bertz CT molecular complexity index is 581. The number of amides is 1. The second-order valence-corrected chi connectivity index (χ2v) is 4.40. The number of hydrogen-bond donors (Lipinski definition) is 2. The summed E-state index contributed by atoms with van der Waals surface area (Å²) in [6.45, 7) is 1.94. The van der Waals surface area contributed by atoms with E-state index in [1.807, 2.05) is 31.2 Å². The van der Waals surface area contributed by atoms with Gasteiger partial charge >= 0.3 is 0 Å². The van der Waals surface area contributed by atoms with Crippen molar-refractivity contribution in [3.63, 3.8) is 0 Å². The Morgan fingerprint density at radius 2 is 1.89 bits per heavy atom. The molecule has 0 radical (unpaired) electrons. The molecule has 3 N–H and O–H groups in total. The number of primary amides is 1. The van der Waals surface area contributed by atoms with Gasteiger partial charge < -0.3 is 11.1 Å². The molecule has 0 aliphatic rings. The normalized spacial score (nSPS) is 11.9. The van der Waals surface area contributed by atoms with Gasteiger partial charge in [-0.05, 0) is 36.8 Å². The van der Waals surface area contributed by atoms with Crippen molar-refractivity contribution < 1.29 is 9.18 Å². The maximum Gasteiger partial charge on any atom is 0.244 e. The van der Waals surface area contributed by atoms with Crippen LogP contribution in [0.1, 0.15) is 17.2 Å². The van der Waals surface area contributed by atoms with E-state index in [-0.39, 0.29) is 5.82 Å². The molecule has 0 heterocycles. The minimum absolute atomic E-state index is 0.322. The summed E-state index contributed by atoms with van der Waals surface area (Å²) >= 11 is 0. The van der Waals surface area contributed by atoms with Crippen molar-refractivity contribution in [1.82, 2.24) is 0 Å². The van der Waals surface area contributed by atoms with Crippen LogP contribution in [-0.2, 0) is 4.79 Å². The third kappa shape index (κ3) is 3.31. The lowest BCUT2D eigenvalue weighted by atomic mass is 10.0. The van der Waals surface area contributed by atoms with Gasteiger partial charge in [-0.3, -0.25) is 4.79 Å². The molecular formula is C15H15FN2O. The Morgan fingerprint density at radius 3 is 2.47 bits per heavy atom. The zero-order chi connectivity index (χ0) is 13.8. The molecule has 0 saturated heterocycles. The first-order valence-corrected chi connectivity index (χ1v) is 5.94. The Kier molecular flexibility index (Phi) is 3.80. The number of aryl methyl sites for hydroxylation is 1. The second-order valence-electron chi connectivity index (χ2n) is 4.40.